The van der Waals surface area contributed by atoms with Gasteiger partial charge in [0.15, 0.2) is 0 Å². The van der Waals surface area contributed by atoms with Gasteiger partial charge in [-0.1, -0.05) is 19.3 Å². The molecule has 1 heterocycles. The van der Waals surface area contributed by atoms with Crippen LogP contribution in [0.3, 0.4) is 0 Å². The van der Waals surface area contributed by atoms with Crippen LogP contribution in [0.15, 0.2) is 12.1 Å². The number of hydrogen-bond donors (Lipinski definition) is 2. The second-order valence-corrected chi connectivity index (χ2v) is 7.44. The molecule has 2 aliphatic rings. The van der Waals surface area contributed by atoms with E-state index in [9.17, 15) is 9.18 Å². The quantitative estimate of drug-likeness (QED) is 0.734. The Morgan fingerprint density at radius 1 is 1.33 bits per heavy atom. The average Bonchev–Trinajstić information content (AvgIpc) is 2.94. The Morgan fingerprint density at radius 2 is 2.12 bits per heavy atom. The molecular weight excluding hydrogens is 327 g/mol. The topological polar surface area (TPSA) is 50.4 Å². The van der Waals surface area contributed by atoms with Crippen molar-refractivity contribution in [1.29, 1.82) is 0 Å². The molecule has 1 saturated carbocycles. The van der Waals surface area contributed by atoms with Crippen molar-refractivity contribution in [2.24, 2.45) is 5.92 Å². The van der Waals surface area contributed by atoms with E-state index in [1.54, 1.807) is 6.07 Å². The van der Waals surface area contributed by atoms with Gasteiger partial charge in [-0.2, -0.15) is 0 Å². The van der Waals surface area contributed by atoms with Gasteiger partial charge in [0.05, 0.1) is 5.69 Å². The Kier molecular flexibility index (Phi) is 6.00. The van der Waals surface area contributed by atoms with E-state index in [0.717, 1.165) is 19.0 Å². The molecule has 1 aromatic rings. The fourth-order valence-corrected chi connectivity index (χ4v) is 4.31. The van der Waals surface area contributed by atoms with Crippen LogP contribution < -0.4 is 15.4 Å². The number of anilines is 1. The van der Waals surface area contributed by atoms with E-state index in [1.165, 1.54) is 49.9 Å². The maximum atomic E-state index is 13.9. The number of carbonyl (C=O) groups excluding carboxylic acids is 1. The third-order valence-electron chi connectivity index (χ3n) is 4.83. The zero-order chi connectivity index (χ0) is 16.9. The van der Waals surface area contributed by atoms with E-state index in [0.29, 0.717) is 17.9 Å². The molecule has 1 aliphatic heterocycles. The summed E-state index contributed by atoms with van der Waals surface area (Å²) in [5.74, 6) is 0.806. The highest BCUT2D eigenvalue weighted by Gasteiger charge is 2.35. The average molecular weight is 352 g/mol. The predicted octanol–water partition coefficient (Wildman–Crippen LogP) is 3.73. The molecule has 24 heavy (non-hydrogen) atoms. The molecule has 1 atom stereocenters. The van der Waals surface area contributed by atoms with Crippen LogP contribution in [0, 0.1) is 11.7 Å². The number of benzene rings is 1. The number of rotatable bonds is 7. The number of amides is 1. The van der Waals surface area contributed by atoms with Gasteiger partial charge in [0.25, 0.3) is 0 Å². The van der Waals surface area contributed by atoms with E-state index in [-0.39, 0.29) is 11.6 Å². The summed E-state index contributed by atoms with van der Waals surface area (Å²) in [6.07, 6.45) is 8.56. The van der Waals surface area contributed by atoms with Crippen LogP contribution >= 0.6 is 11.8 Å². The van der Waals surface area contributed by atoms with Gasteiger partial charge in [-0.3, -0.25) is 4.79 Å². The molecule has 0 aromatic heterocycles. The Bertz CT molecular complexity index is 591. The lowest BCUT2D eigenvalue weighted by atomic mass is 9.89. The van der Waals surface area contributed by atoms with E-state index in [4.69, 9.17) is 4.74 Å². The summed E-state index contributed by atoms with van der Waals surface area (Å²) < 4.78 is 19.7. The molecule has 1 unspecified atom stereocenters. The third kappa shape index (κ3) is 3.86. The standard InChI is InChI=1S/C18H25FN2O2S/c1-24-17-15-14(8-7-13(19)16(15)21-18(17)22)23-10-9-20-11-12-5-3-2-4-6-12/h7-8,12,17,20H,2-6,9-11H2,1H3,(H,21,22). The summed E-state index contributed by atoms with van der Waals surface area (Å²) in [4.78, 5) is 12.0. The maximum absolute atomic E-state index is 13.9. The van der Waals surface area contributed by atoms with Crippen LogP contribution in [-0.4, -0.2) is 31.9 Å². The smallest absolute Gasteiger partial charge is 0.242 e. The molecule has 132 valence electrons. The van der Waals surface area contributed by atoms with Gasteiger partial charge in [0.1, 0.15) is 23.4 Å². The highest BCUT2D eigenvalue weighted by atomic mass is 32.2. The summed E-state index contributed by atoms with van der Waals surface area (Å²) in [7, 11) is 0. The van der Waals surface area contributed by atoms with Crippen LogP contribution in [0.2, 0.25) is 0 Å². The van der Waals surface area contributed by atoms with Crippen molar-refractivity contribution in [2.45, 2.75) is 37.4 Å². The van der Waals surface area contributed by atoms with Gasteiger partial charge in [0, 0.05) is 12.1 Å². The molecule has 0 spiro atoms. The number of carbonyl (C=O) groups is 1. The summed E-state index contributed by atoms with van der Waals surface area (Å²) in [6, 6.07) is 2.98. The number of ether oxygens (including phenoxy) is 1. The Labute approximate surface area is 146 Å². The highest BCUT2D eigenvalue weighted by Crippen LogP contribution is 2.45. The third-order valence-corrected chi connectivity index (χ3v) is 5.75. The van der Waals surface area contributed by atoms with Crippen LogP contribution in [0.25, 0.3) is 0 Å². The fraction of sp³-hybridized carbons (Fsp3) is 0.611. The van der Waals surface area contributed by atoms with Crippen molar-refractivity contribution in [3.05, 3.63) is 23.5 Å². The minimum atomic E-state index is -0.405. The lowest BCUT2D eigenvalue weighted by Crippen LogP contribution is -2.28. The van der Waals surface area contributed by atoms with Crippen LogP contribution in [0.4, 0.5) is 10.1 Å². The first-order valence-electron chi connectivity index (χ1n) is 8.70. The van der Waals surface area contributed by atoms with Crippen molar-refractivity contribution in [2.75, 3.05) is 31.3 Å². The molecule has 1 fully saturated rings. The Morgan fingerprint density at radius 3 is 2.88 bits per heavy atom. The van der Waals surface area contributed by atoms with Crippen molar-refractivity contribution in [1.82, 2.24) is 5.32 Å². The monoisotopic (exact) mass is 352 g/mol. The minimum Gasteiger partial charge on any atom is -0.492 e. The van der Waals surface area contributed by atoms with E-state index < -0.39 is 11.1 Å². The predicted molar refractivity (Wildman–Crippen MR) is 96.2 cm³/mol. The van der Waals surface area contributed by atoms with Crippen molar-refractivity contribution < 1.29 is 13.9 Å². The number of fused-ring (bicyclic) bond motifs is 1. The molecule has 1 aliphatic carbocycles. The van der Waals surface area contributed by atoms with E-state index >= 15 is 0 Å². The van der Waals surface area contributed by atoms with E-state index in [2.05, 4.69) is 10.6 Å². The van der Waals surface area contributed by atoms with Gasteiger partial charge in [-0.15, -0.1) is 11.8 Å². The van der Waals surface area contributed by atoms with Crippen molar-refractivity contribution in [3.8, 4) is 5.75 Å². The molecule has 4 nitrogen and oxygen atoms in total. The summed E-state index contributed by atoms with van der Waals surface area (Å²) in [5.41, 5.74) is 0.909. The molecule has 2 N–H and O–H groups in total. The van der Waals surface area contributed by atoms with Gasteiger partial charge >= 0.3 is 0 Å². The zero-order valence-electron chi connectivity index (χ0n) is 14.1. The van der Waals surface area contributed by atoms with Crippen molar-refractivity contribution in [3.63, 3.8) is 0 Å². The Balaban J connectivity index is 1.53. The van der Waals surface area contributed by atoms with Gasteiger partial charge in [-0.05, 0) is 43.7 Å². The summed E-state index contributed by atoms with van der Waals surface area (Å²) in [6.45, 7) is 2.31. The van der Waals surface area contributed by atoms with Crippen LogP contribution in [0.5, 0.6) is 5.75 Å². The maximum Gasteiger partial charge on any atom is 0.242 e. The second-order valence-electron chi connectivity index (χ2n) is 6.50. The van der Waals surface area contributed by atoms with Gasteiger partial charge < -0.3 is 15.4 Å². The molecule has 0 saturated heterocycles. The largest absolute Gasteiger partial charge is 0.492 e. The number of halogens is 1. The first kappa shape index (κ1) is 17.5. The Hall–Kier alpha value is -1.27. The summed E-state index contributed by atoms with van der Waals surface area (Å²) in [5, 5.41) is 5.67. The number of thioether (sulfide) groups is 1. The SMILES string of the molecule is CSC1C(=O)Nc2c(F)ccc(OCCNCC3CCCCC3)c21. The lowest BCUT2D eigenvalue weighted by Gasteiger charge is -2.22. The fourth-order valence-electron chi connectivity index (χ4n) is 3.56. The van der Waals surface area contributed by atoms with E-state index in [1.807, 2.05) is 6.26 Å². The minimum absolute atomic E-state index is 0.178. The van der Waals surface area contributed by atoms with Crippen LogP contribution in [0.1, 0.15) is 42.9 Å². The molecule has 3 rings (SSSR count). The molecule has 1 aromatic carbocycles. The van der Waals surface area contributed by atoms with Gasteiger partial charge in [-0.25, -0.2) is 4.39 Å². The lowest BCUT2D eigenvalue weighted by molar-refractivity contribution is -0.115. The molecular formula is C18H25FN2O2S. The first-order valence-corrected chi connectivity index (χ1v) is 9.99. The van der Waals surface area contributed by atoms with Crippen LogP contribution in [-0.2, 0) is 4.79 Å². The van der Waals surface area contributed by atoms with Crippen molar-refractivity contribution >= 4 is 23.4 Å². The summed E-state index contributed by atoms with van der Waals surface area (Å²) >= 11 is 1.39. The molecule has 0 bridgehead atoms. The zero-order valence-corrected chi connectivity index (χ0v) is 14.9. The number of hydrogen-bond acceptors (Lipinski definition) is 4. The first-order chi connectivity index (χ1) is 11.7. The molecule has 6 heteroatoms. The molecule has 0 radical (unpaired) electrons. The molecule has 1 amide bonds. The second kappa shape index (κ2) is 8.21. The highest BCUT2D eigenvalue weighted by molar-refractivity contribution is 7.99. The van der Waals surface area contributed by atoms with Gasteiger partial charge in [0.2, 0.25) is 5.91 Å². The normalized spacial score (nSPS) is 20.8. The number of nitrogens with one attached hydrogen (secondary N) is 2.